The lowest BCUT2D eigenvalue weighted by atomic mass is 10.2. The maximum Gasteiger partial charge on any atom is 0.422 e. The van der Waals surface area contributed by atoms with Crippen molar-refractivity contribution in [3.63, 3.8) is 0 Å². The van der Waals surface area contributed by atoms with Crippen molar-refractivity contribution in [2.45, 2.75) is 6.18 Å². The molecule has 0 spiro atoms. The number of rotatable bonds is 4. The molecule has 0 saturated heterocycles. The zero-order valence-corrected chi connectivity index (χ0v) is 14.2. The molecule has 1 aromatic carbocycles. The van der Waals surface area contributed by atoms with Gasteiger partial charge < -0.3 is 9.72 Å². The monoisotopic (exact) mass is 396 g/mol. The van der Waals surface area contributed by atoms with Crippen LogP contribution in [0.4, 0.5) is 13.2 Å². The SMILES string of the molecule is O=c1ccc(-c2cc(=O)n(-c3ccc(OCC(F)(F)F)cc3)c(=S)[nH]2)n[nH]1. The molecule has 0 saturated carbocycles. The summed E-state index contributed by atoms with van der Waals surface area (Å²) in [5, 5.41) is 6.06. The van der Waals surface area contributed by atoms with Gasteiger partial charge in [-0.1, -0.05) is 0 Å². The summed E-state index contributed by atoms with van der Waals surface area (Å²) in [4.78, 5) is 26.3. The van der Waals surface area contributed by atoms with Crippen LogP contribution in [-0.2, 0) is 0 Å². The van der Waals surface area contributed by atoms with E-state index in [1.54, 1.807) is 0 Å². The Morgan fingerprint density at radius 1 is 1.11 bits per heavy atom. The predicted octanol–water partition coefficient (Wildman–Crippen LogP) is 2.59. The van der Waals surface area contributed by atoms with Crippen molar-refractivity contribution in [3.8, 4) is 22.8 Å². The highest BCUT2D eigenvalue weighted by Crippen LogP contribution is 2.20. The molecular weight excluding hydrogens is 385 g/mol. The molecule has 2 aromatic heterocycles. The van der Waals surface area contributed by atoms with Crippen LogP contribution in [0.2, 0.25) is 0 Å². The number of halogens is 3. The molecule has 0 aliphatic heterocycles. The van der Waals surface area contributed by atoms with Gasteiger partial charge >= 0.3 is 6.18 Å². The fraction of sp³-hybridized carbons (Fsp3) is 0.125. The fourth-order valence-electron chi connectivity index (χ4n) is 2.23. The van der Waals surface area contributed by atoms with Crippen LogP contribution in [0.15, 0.2) is 52.1 Å². The number of aromatic amines is 2. The summed E-state index contributed by atoms with van der Waals surface area (Å²) in [6.07, 6.45) is -4.44. The van der Waals surface area contributed by atoms with Crippen molar-refractivity contribution in [2.75, 3.05) is 6.61 Å². The lowest BCUT2D eigenvalue weighted by Gasteiger charge is -2.11. The number of H-pyrrole nitrogens is 2. The van der Waals surface area contributed by atoms with E-state index in [0.29, 0.717) is 17.1 Å². The van der Waals surface area contributed by atoms with Gasteiger partial charge in [0.05, 0.1) is 11.4 Å². The Labute approximate surface area is 154 Å². The van der Waals surface area contributed by atoms with E-state index < -0.39 is 23.9 Å². The van der Waals surface area contributed by atoms with E-state index in [4.69, 9.17) is 12.2 Å². The third-order valence-electron chi connectivity index (χ3n) is 3.39. The number of hydrogen-bond acceptors (Lipinski definition) is 5. The van der Waals surface area contributed by atoms with Gasteiger partial charge in [-0.05, 0) is 42.5 Å². The van der Waals surface area contributed by atoms with E-state index >= 15 is 0 Å². The van der Waals surface area contributed by atoms with E-state index in [2.05, 4.69) is 19.9 Å². The summed E-state index contributed by atoms with van der Waals surface area (Å²) in [6, 6.07) is 9.35. The van der Waals surface area contributed by atoms with Crippen LogP contribution in [-0.4, -0.2) is 32.5 Å². The largest absolute Gasteiger partial charge is 0.484 e. The van der Waals surface area contributed by atoms with Gasteiger partial charge in [0.2, 0.25) is 0 Å². The first kappa shape index (κ1) is 18.6. The standard InChI is InChI=1S/C16H11F3N4O3S/c17-16(18,19)8-26-10-3-1-9(2-4-10)23-14(25)7-12(20-15(23)27)11-5-6-13(24)22-21-11/h1-7H,8H2,(H,20,27)(H,22,24). The molecule has 0 bridgehead atoms. The molecule has 0 fully saturated rings. The highest BCUT2D eigenvalue weighted by Gasteiger charge is 2.28. The number of aromatic nitrogens is 4. The molecular formula is C16H11F3N4O3S. The minimum atomic E-state index is -4.44. The Bertz CT molecular complexity index is 1080. The average molecular weight is 396 g/mol. The Kier molecular flexibility index (Phi) is 4.95. The van der Waals surface area contributed by atoms with Crippen molar-refractivity contribution in [2.24, 2.45) is 0 Å². The first-order chi connectivity index (χ1) is 12.7. The first-order valence-electron chi connectivity index (χ1n) is 7.45. The van der Waals surface area contributed by atoms with Crippen molar-refractivity contribution < 1.29 is 17.9 Å². The molecule has 0 radical (unpaired) electrons. The van der Waals surface area contributed by atoms with Crippen molar-refractivity contribution >= 4 is 12.2 Å². The molecule has 3 rings (SSSR count). The van der Waals surface area contributed by atoms with Gasteiger partial charge in [0.15, 0.2) is 11.4 Å². The van der Waals surface area contributed by atoms with Crippen LogP contribution in [0.5, 0.6) is 5.75 Å². The number of ether oxygens (including phenoxy) is 1. The molecule has 2 heterocycles. The number of nitrogens with zero attached hydrogens (tertiary/aromatic N) is 2. The van der Waals surface area contributed by atoms with Gasteiger partial charge in [0.25, 0.3) is 11.1 Å². The topological polar surface area (TPSA) is 92.8 Å². The van der Waals surface area contributed by atoms with E-state index in [0.717, 1.165) is 4.57 Å². The quantitative estimate of drug-likeness (QED) is 0.662. The summed E-state index contributed by atoms with van der Waals surface area (Å²) in [5.41, 5.74) is 0.106. The highest BCUT2D eigenvalue weighted by atomic mass is 32.1. The fourth-order valence-corrected chi connectivity index (χ4v) is 2.53. The van der Waals surface area contributed by atoms with Gasteiger partial charge in [0, 0.05) is 12.1 Å². The number of alkyl halides is 3. The zero-order valence-electron chi connectivity index (χ0n) is 13.4. The van der Waals surface area contributed by atoms with Gasteiger partial charge in [0.1, 0.15) is 11.4 Å². The Morgan fingerprint density at radius 2 is 1.81 bits per heavy atom. The summed E-state index contributed by atoms with van der Waals surface area (Å²) < 4.78 is 42.4. The van der Waals surface area contributed by atoms with Crippen molar-refractivity contribution in [3.05, 3.63) is 67.9 Å². The van der Waals surface area contributed by atoms with E-state index in [1.807, 2.05) is 0 Å². The van der Waals surface area contributed by atoms with Gasteiger partial charge in [-0.15, -0.1) is 0 Å². The van der Waals surface area contributed by atoms with E-state index in [1.165, 1.54) is 42.5 Å². The molecule has 0 unspecified atom stereocenters. The molecule has 0 aliphatic carbocycles. The second-order valence-electron chi connectivity index (χ2n) is 5.37. The van der Waals surface area contributed by atoms with Gasteiger partial charge in [-0.2, -0.15) is 18.3 Å². The van der Waals surface area contributed by atoms with Crippen LogP contribution in [0.1, 0.15) is 0 Å². The van der Waals surface area contributed by atoms with Gasteiger partial charge in [-0.3, -0.25) is 14.2 Å². The summed E-state index contributed by atoms with van der Waals surface area (Å²) in [6.45, 7) is -1.41. The Balaban J connectivity index is 1.91. The molecule has 11 heteroatoms. The van der Waals surface area contributed by atoms with Crippen LogP contribution in [0.25, 0.3) is 17.1 Å². The Hall–Kier alpha value is -3.21. The normalized spacial score (nSPS) is 11.4. The minimum absolute atomic E-state index is 0.00748. The second-order valence-corrected chi connectivity index (χ2v) is 5.75. The number of nitrogens with one attached hydrogen (secondary N) is 2. The van der Waals surface area contributed by atoms with Gasteiger partial charge in [-0.25, -0.2) is 5.10 Å². The molecule has 27 heavy (non-hydrogen) atoms. The highest BCUT2D eigenvalue weighted by molar-refractivity contribution is 7.71. The minimum Gasteiger partial charge on any atom is -0.484 e. The molecule has 140 valence electrons. The molecule has 7 nitrogen and oxygen atoms in total. The third kappa shape index (κ3) is 4.50. The molecule has 2 N–H and O–H groups in total. The van der Waals surface area contributed by atoms with Crippen LogP contribution in [0.3, 0.4) is 0 Å². The zero-order chi connectivity index (χ0) is 19.6. The van der Waals surface area contributed by atoms with Crippen LogP contribution >= 0.6 is 12.2 Å². The molecule has 0 aliphatic rings. The maximum atomic E-state index is 12.4. The lowest BCUT2D eigenvalue weighted by molar-refractivity contribution is -0.153. The second kappa shape index (κ2) is 7.19. The van der Waals surface area contributed by atoms with E-state index in [-0.39, 0.29) is 10.5 Å². The summed E-state index contributed by atoms with van der Waals surface area (Å²) >= 11 is 5.20. The third-order valence-corrected chi connectivity index (χ3v) is 3.67. The average Bonchev–Trinajstić information content (AvgIpc) is 2.60. The Morgan fingerprint density at radius 3 is 2.37 bits per heavy atom. The number of benzene rings is 1. The summed E-state index contributed by atoms with van der Waals surface area (Å²) in [7, 11) is 0. The first-order valence-corrected chi connectivity index (χ1v) is 7.86. The van der Waals surface area contributed by atoms with Crippen LogP contribution < -0.4 is 15.9 Å². The van der Waals surface area contributed by atoms with Crippen molar-refractivity contribution in [1.29, 1.82) is 0 Å². The molecule has 0 amide bonds. The summed E-state index contributed by atoms with van der Waals surface area (Å²) in [5.74, 6) is 0.00748. The molecule has 3 aromatic rings. The predicted molar refractivity (Wildman–Crippen MR) is 92.6 cm³/mol. The van der Waals surface area contributed by atoms with Crippen LogP contribution in [0, 0.1) is 4.77 Å². The molecule has 0 atom stereocenters. The number of hydrogen-bond donors (Lipinski definition) is 2. The smallest absolute Gasteiger partial charge is 0.422 e. The maximum absolute atomic E-state index is 12.4. The lowest BCUT2D eigenvalue weighted by Crippen LogP contribution is -2.20. The van der Waals surface area contributed by atoms with Crippen molar-refractivity contribution in [1.82, 2.24) is 19.7 Å². The van der Waals surface area contributed by atoms with E-state index in [9.17, 15) is 22.8 Å².